The number of halogens is 1. The van der Waals surface area contributed by atoms with Crippen molar-refractivity contribution in [2.45, 2.75) is 57.4 Å². The second-order valence-corrected chi connectivity index (χ2v) is 6.88. The number of alkyl halides is 1. The van der Waals surface area contributed by atoms with E-state index < -0.39 is 0 Å². The minimum absolute atomic E-state index is 0.387. The van der Waals surface area contributed by atoms with Gasteiger partial charge in [0.15, 0.2) is 0 Å². The van der Waals surface area contributed by atoms with Gasteiger partial charge in [0.05, 0.1) is 0 Å². The molecule has 0 aromatic rings. The maximum absolute atomic E-state index is 12.5. The number of fused-ring (bicyclic) bond motifs is 2. The van der Waals surface area contributed by atoms with Gasteiger partial charge in [0.1, 0.15) is 0 Å². The third-order valence-electron chi connectivity index (χ3n) is 5.48. The molecule has 0 heterocycles. The van der Waals surface area contributed by atoms with Crippen molar-refractivity contribution >= 4 is 17.5 Å². The molecule has 0 aliphatic heterocycles. The molecule has 3 heteroatoms. The molecule has 1 amide bonds. The van der Waals surface area contributed by atoms with Gasteiger partial charge in [0.25, 0.3) is 0 Å². The zero-order valence-corrected chi connectivity index (χ0v) is 11.9. The SMILES string of the molecule is O=C(CC1CC2CCC1C2)N(CCCl)C1CCC1. The molecule has 3 unspecified atom stereocenters. The standard InChI is InChI=1S/C15H24ClNO/c16-6-7-17(14-2-1-3-14)15(18)10-13-9-11-4-5-12(13)8-11/h11-14H,1-10H2. The maximum atomic E-state index is 12.5. The highest BCUT2D eigenvalue weighted by atomic mass is 35.5. The molecule has 2 nitrogen and oxygen atoms in total. The molecule has 0 aromatic heterocycles. The van der Waals surface area contributed by atoms with Crippen LogP contribution in [-0.2, 0) is 4.79 Å². The van der Waals surface area contributed by atoms with Crippen molar-refractivity contribution in [3.05, 3.63) is 0 Å². The van der Waals surface area contributed by atoms with E-state index in [2.05, 4.69) is 4.90 Å². The summed E-state index contributed by atoms with van der Waals surface area (Å²) in [6.45, 7) is 0.756. The highest BCUT2D eigenvalue weighted by Gasteiger charge is 2.41. The second kappa shape index (κ2) is 5.40. The minimum Gasteiger partial charge on any atom is -0.339 e. The molecular formula is C15H24ClNO. The average Bonchev–Trinajstić information content (AvgIpc) is 2.87. The summed E-state index contributed by atoms with van der Waals surface area (Å²) in [4.78, 5) is 14.6. The third-order valence-corrected chi connectivity index (χ3v) is 5.65. The van der Waals surface area contributed by atoms with Crippen LogP contribution in [0.1, 0.15) is 51.4 Å². The Morgan fingerprint density at radius 2 is 2.00 bits per heavy atom. The van der Waals surface area contributed by atoms with E-state index in [1.54, 1.807) is 0 Å². The van der Waals surface area contributed by atoms with Gasteiger partial charge < -0.3 is 4.90 Å². The Kier molecular flexibility index (Phi) is 3.83. The normalized spacial score (nSPS) is 34.6. The Hall–Kier alpha value is -0.240. The van der Waals surface area contributed by atoms with Crippen molar-refractivity contribution in [1.82, 2.24) is 4.90 Å². The van der Waals surface area contributed by atoms with E-state index in [0.29, 0.717) is 23.7 Å². The van der Waals surface area contributed by atoms with Gasteiger partial charge in [-0.25, -0.2) is 0 Å². The molecular weight excluding hydrogens is 246 g/mol. The summed E-state index contributed by atoms with van der Waals surface area (Å²) in [7, 11) is 0. The molecule has 3 fully saturated rings. The molecule has 0 aromatic carbocycles. The van der Waals surface area contributed by atoms with Crippen molar-refractivity contribution in [2.75, 3.05) is 12.4 Å². The van der Waals surface area contributed by atoms with Crippen molar-refractivity contribution in [3.8, 4) is 0 Å². The summed E-state index contributed by atoms with van der Waals surface area (Å²) < 4.78 is 0. The minimum atomic E-state index is 0.387. The molecule has 0 saturated heterocycles. The maximum Gasteiger partial charge on any atom is 0.223 e. The van der Waals surface area contributed by atoms with Gasteiger partial charge in [-0.2, -0.15) is 0 Å². The number of nitrogens with zero attached hydrogens (tertiary/aromatic N) is 1. The van der Waals surface area contributed by atoms with Gasteiger partial charge in [-0.15, -0.1) is 11.6 Å². The highest BCUT2D eigenvalue weighted by molar-refractivity contribution is 6.18. The molecule has 3 rings (SSSR count). The van der Waals surface area contributed by atoms with Crippen LogP contribution < -0.4 is 0 Å². The van der Waals surface area contributed by atoms with E-state index in [1.807, 2.05) is 0 Å². The molecule has 3 aliphatic carbocycles. The van der Waals surface area contributed by atoms with Crippen LogP contribution in [0.15, 0.2) is 0 Å². The fraction of sp³-hybridized carbons (Fsp3) is 0.933. The first kappa shape index (κ1) is 12.8. The molecule has 3 saturated carbocycles. The predicted molar refractivity (Wildman–Crippen MR) is 73.6 cm³/mol. The number of hydrogen-bond donors (Lipinski definition) is 0. The Morgan fingerprint density at radius 1 is 1.17 bits per heavy atom. The van der Waals surface area contributed by atoms with Gasteiger partial charge in [-0.3, -0.25) is 4.79 Å². The van der Waals surface area contributed by atoms with Gasteiger partial charge in [-0.1, -0.05) is 6.42 Å². The Labute approximate surface area is 115 Å². The van der Waals surface area contributed by atoms with Crippen LogP contribution in [0, 0.1) is 17.8 Å². The van der Waals surface area contributed by atoms with E-state index in [1.165, 1.54) is 44.9 Å². The molecule has 0 N–H and O–H groups in total. The first-order valence-electron chi connectivity index (χ1n) is 7.63. The van der Waals surface area contributed by atoms with E-state index in [-0.39, 0.29) is 0 Å². The molecule has 102 valence electrons. The summed E-state index contributed by atoms with van der Waals surface area (Å²) in [5.74, 6) is 3.46. The second-order valence-electron chi connectivity index (χ2n) is 6.50. The lowest BCUT2D eigenvalue weighted by atomic mass is 9.85. The lowest BCUT2D eigenvalue weighted by Gasteiger charge is -2.38. The molecule has 18 heavy (non-hydrogen) atoms. The predicted octanol–water partition coefficient (Wildman–Crippen LogP) is 3.43. The Morgan fingerprint density at radius 3 is 2.50 bits per heavy atom. The number of rotatable bonds is 5. The van der Waals surface area contributed by atoms with Crippen LogP contribution in [0.25, 0.3) is 0 Å². The first-order valence-corrected chi connectivity index (χ1v) is 8.17. The number of carbonyl (C=O) groups is 1. The van der Waals surface area contributed by atoms with Crippen molar-refractivity contribution < 1.29 is 4.79 Å². The zero-order valence-electron chi connectivity index (χ0n) is 11.1. The fourth-order valence-electron chi connectivity index (χ4n) is 4.27. The summed E-state index contributed by atoms with van der Waals surface area (Å²) in [5, 5.41) is 0. The quantitative estimate of drug-likeness (QED) is 0.700. The topological polar surface area (TPSA) is 20.3 Å². The zero-order chi connectivity index (χ0) is 12.5. The average molecular weight is 270 g/mol. The van der Waals surface area contributed by atoms with Crippen LogP contribution in [0.5, 0.6) is 0 Å². The van der Waals surface area contributed by atoms with Gasteiger partial charge in [0, 0.05) is 24.9 Å². The van der Waals surface area contributed by atoms with E-state index in [4.69, 9.17) is 11.6 Å². The number of amides is 1. The number of carbonyl (C=O) groups excluding carboxylic acids is 1. The Bertz CT molecular complexity index is 316. The van der Waals surface area contributed by atoms with Gasteiger partial charge >= 0.3 is 0 Å². The highest BCUT2D eigenvalue weighted by Crippen LogP contribution is 2.49. The van der Waals surface area contributed by atoms with Crippen molar-refractivity contribution in [3.63, 3.8) is 0 Å². The van der Waals surface area contributed by atoms with Crippen LogP contribution >= 0.6 is 11.6 Å². The monoisotopic (exact) mass is 269 g/mol. The van der Waals surface area contributed by atoms with Crippen LogP contribution in [0.4, 0.5) is 0 Å². The molecule has 2 bridgehead atoms. The van der Waals surface area contributed by atoms with E-state index >= 15 is 0 Å². The van der Waals surface area contributed by atoms with E-state index in [0.717, 1.165) is 24.8 Å². The van der Waals surface area contributed by atoms with Crippen molar-refractivity contribution in [1.29, 1.82) is 0 Å². The third kappa shape index (κ3) is 2.41. The lowest BCUT2D eigenvalue weighted by molar-refractivity contribution is -0.136. The number of hydrogen-bond acceptors (Lipinski definition) is 1. The first-order chi connectivity index (χ1) is 8.78. The Balaban J connectivity index is 1.55. The lowest BCUT2D eigenvalue weighted by Crippen LogP contribution is -2.45. The molecule has 3 aliphatic rings. The smallest absolute Gasteiger partial charge is 0.223 e. The summed E-state index contributed by atoms with van der Waals surface area (Å²) in [6, 6.07) is 0.509. The largest absolute Gasteiger partial charge is 0.339 e. The van der Waals surface area contributed by atoms with Crippen molar-refractivity contribution in [2.24, 2.45) is 17.8 Å². The summed E-state index contributed by atoms with van der Waals surface area (Å²) >= 11 is 5.85. The molecule has 3 atom stereocenters. The van der Waals surface area contributed by atoms with Gasteiger partial charge in [-0.05, 0) is 56.3 Å². The summed E-state index contributed by atoms with van der Waals surface area (Å²) in [6.07, 6.45) is 9.98. The van der Waals surface area contributed by atoms with Crippen LogP contribution in [0.2, 0.25) is 0 Å². The van der Waals surface area contributed by atoms with Crippen LogP contribution in [-0.4, -0.2) is 29.3 Å². The molecule has 0 spiro atoms. The fourth-order valence-corrected chi connectivity index (χ4v) is 4.45. The van der Waals surface area contributed by atoms with E-state index in [9.17, 15) is 4.79 Å². The molecule has 0 radical (unpaired) electrons. The van der Waals surface area contributed by atoms with Gasteiger partial charge in [0.2, 0.25) is 5.91 Å². The van der Waals surface area contributed by atoms with Crippen LogP contribution in [0.3, 0.4) is 0 Å². The summed E-state index contributed by atoms with van der Waals surface area (Å²) in [5.41, 5.74) is 0.